The zero-order valence-corrected chi connectivity index (χ0v) is 17.1. The molecule has 4 aliphatic heterocycles. The molecule has 0 aromatic carbocycles. The molecule has 0 aromatic rings. The topological polar surface area (TPSA) is 136 Å². The Balaban J connectivity index is 1.42. The van der Waals surface area contributed by atoms with E-state index in [4.69, 9.17) is 28.4 Å². The maximum Gasteiger partial charge on any atom is 0.183 e. The van der Waals surface area contributed by atoms with Crippen molar-refractivity contribution in [2.75, 3.05) is 6.61 Å². The first-order valence-corrected chi connectivity index (χ1v) is 10.2. The molecule has 0 radical (unpaired) electrons. The van der Waals surface area contributed by atoms with E-state index in [0.29, 0.717) is 19.4 Å². The molecule has 10 heteroatoms. The van der Waals surface area contributed by atoms with Crippen LogP contribution in [0.15, 0.2) is 0 Å². The van der Waals surface area contributed by atoms with E-state index in [1.165, 1.54) is 0 Å². The fraction of sp³-hybridized carbons (Fsp3) is 1.00. The highest BCUT2D eigenvalue weighted by Crippen LogP contribution is 2.43. The average Bonchev–Trinajstić information content (AvgIpc) is 3.25. The molecule has 4 N–H and O–H groups in total. The van der Waals surface area contributed by atoms with Crippen LogP contribution < -0.4 is 0 Å². The lowest BCUT2D eigenvalue weighted by Gasteiger charge is -2.38. The Morgan fingerprint density at radius 1 is 0.690 bits per heavy atom. The lowest BCUT2D eigenvalue weighted by Crippen LogP contribution is -2.57. The van der Waals surface area contributed by atoms with Crippen molar-refractivity contribution in [1.29, 1.82) is 0 Å². The van der Waals surface area contributed by atoms with Crippen LogP contribution in [-0.2, 0) is 28.4 Å². The van der Waals surface area contributed by atoms with Gasteiger partial charge in [0.05, 0.1) is 18.8 Å². The molecule has 0 aromatic heterocycles. The maximum atomic E-state index is 10.2. The van der Waals surface area contributed by atoms with Gasteiger partial charge in [-0.05, 0) is 40.5 Å². The monoisotopic (exact) mass is 420 g/mol. The molecule has 4 fully saturated rings. The highest BCUT2D eigenvalue weighted by Gasteiger charge is 2.58. The van der Waals surface area contributed by atoms with Crippen LogP contribution >= 0.6 is 0 Å². The maximum absolute atomic E-state index is 10.2. The Bertz CT molecular complexity index is 598. The molecular weight excluding hydrogens is 388 g/mol. The Morgan fingerprint density at radius 3 is 2.00 bits per heavy atom. The number of fused-ring (bicyclic) bond motifs is 1. The molecule has 4 heterocycles. The standard InChI is InChI=1S/C19H32O10/c1-18(2)24-7-10(27-18)14-16-15(28-19(3,4)29-16)9(25-14)6-5-8-11(20)12(21)13(22)17(23)26-8/h8-17,20-23H,5-7H2,1-4H3/t8-,9+,10-,11+,12+,13-,14-,15-,16+,17+/m1/s1. The summed E-state index contributed by atoms with van der Waals surface area (Å²) in [6.45, 7) is 7.77. The SMILES string of the molecule is CC1(C)O[C@@H]2[C@H](O1)[C@H](CC[C@H]1O[C@H](O)[C@H](O)[C@@H](O)[C@H]1O)O[C@@H]2[C@H]1COC(C)(C)O1. The molecule has 0 unspecified atom stereocenters. The van der Waals surface area contributed by atoms with Crippen molar-refractivity contribution < 1.29 is 48.8 Å². The number of aliphatic hydroxyl groups excluding tert-OH is 4. The molecule has 0 spiro atoms. The van der Waals surface area contributed by atoms with Gasteiger partial charge in [-0.1, -0.05) is 0 Å². The highest BCUT2D eigenvalue weighted by atomic mass is 16.8. The van der Waals surface area contributed by atoms with Crippen LogP contribution in [0.5, 0.6) is 0 Å². The quantitative estimate of drug-likeness (QED) is 0.448. The Labute approximate surface area is 169 Å². The minimum absolute atomic E-state index is 0.292. The first kappa shape index (κ1) is 21.8. The summed E-state index contributed by atoms with van der Waals surface area (Å²) in [5.74, 6) is -1.45. The van der Waals surface area contributed by atoms with Gasteiger partial charge in [0.25, 0.3) is 0 Å². The fourth-order valence-corrected chi connectivity index (χ4v) is 4.62. The smallest absolute Gasteiger partial charge is 0.183 e. The van der Waals surface area contributed by atoms with E-state index in [1.54, 1.807) is 0 Å². The summed E-state index contributed by atoms with van der Waals surface area (Å²) in [6, 6.07) is 0. The molecule has 0 aliphatic carbocycles. The van der Waals surface area contributed by atoms with Crippen molar-refractivity contribution in [2.24, 2.45) is 0 Å². The molecule has 168 valence electrons. The number of hydrogen-bond donors (Lipinski definition) is 4. The molecule has 10 nitrogen and oxygen atoms in total. The molecule has 4 aliphatic rings. The van der Waals surface area contributed by atoms with Gasteiger partial charge >= 0.3 is 0 Å². The van der Waals surface area contributed by atoms with Crippen LogP contribution in [0.2, 0.25) is 0 Å². The van der Waals surface area contributed by atoms with Crippen molar-refractivity contribution in [3.05, 3.63) is 0 Å². The number of rotatable bonds is 4. The Kier molecular flexibility index (Phi) is 5.74. The van der Waals surface area contributed by atoms with Crippen LogP contribution in [0, 0.1) is 0 Å². The van der Waals surface area contributed by atoms with Crippen LogP contribution in [0.1, 0.15) is 40.5 Å². The number of ether oxygens (including phenoxy) is 6. The zero-order valence-electron chi connectivity index (χ0n) is 17.1. The van der Waals surface area contributed by atoms with Crippen molar-refractivity contribution in [2.45, 2.75) is 113 Å². The van der Waals surface area contributed by atoms with Crippen LogP contribution in [-0.4, -0.2) is 99.8 Å². The summed E-state index contributed by atoms with van der Waals surface area (Å²) in [5.41, 5.74) is 0. The molecule has 4 saturated heterocycles. The molecule has 0 amide bonds. The zero-order chi connectivity index (χ0) is 21.1. The molecular formula is C19H32O10. The second-order valence-corrected chi connectivity index (χ2v) is 9.19. The fourth-order valence-electron chi connectivity index (χ4n) is 4.62. The first-order valence-electron chi connectivity index (χ1n) is 10.2. The molecule has 29 heavy (non-hydrogen) atoms. The van der Waals surface area contributed by atoms with E-state index < -0.39 is 42.3 Å². The average molecular weight is 420 g/mol. The van der Waals surface area contributed by atoms with E-state index >= 15 is 0 Å². The third-order valence-corrected chi connectivity index (χ3v) is 6.01. The largest absolute Gasteiger partial charge is 0.388 e. The lowest BCUT2D eigenvalue weighted by atomic mass is 9.93. The summed E-state index contributed by atoms with van der Waals surface area (Å²) in [6.07, 6.45) is -7.69. The second-order valence-electron chi connectivity index (χ2n) is 9.19. The summed E-state index contributed by atoms with van der Waals surface area (Å²) < 4.78 is 35.3. The summed E-state index contributed by atoms with van der Waals surface area (Å²) in [7, 11) is 0. The van der Waals surface area contributed by atoms with Gasteiger partial charge in [-0.15, -0.1) is 0 Å². The normalized spacial score (nSPS) is 51.3. The van der Waals surface area contributed by atoms with E-state index in [1.807, 2.05) is 27.7 Å². The minimum Gasteiger partial charge on any atom is -0.388 e. The van der Waals surface area contributed by atoms with Gasteiger partial charge in [-0.25, -0.2) is 0 Å². The lowest BCUT2D eigenvalue weighted by molar-refractivity contribution is -0.283. The number of hydrogen-bond acceptors (Lipinski definition) is 10. The van der Waals surface area contributed by atoms with Gasteiger partial charge in [-0.2, -0.15) is 0 Å². The second kappa shape index (κ2) is 7.63. The summed E-state index contributed by atoms with van der Waals surface area (Å²) in [5, 5.41) is 39.4. The van der Waals surface area contributed by atoms with E-state index in [0.717, 1.165) is 0 Å². The molecule has 0 bridgehead atoms. The molecule has 10 atom stereocenters. The van der Waals surface area contributed by atoms with Gasteiger partial charge in [0.1, 0.15) is 42.7 Å². The van der Waals surface area contributed by atoms with Crippen molar-refractivity contribution in [3.63, 3.8) is 0 Å². The molecule has 0 saturated carbocycles. The summed E-state index contributed by atoms with van der Waals surface area (Å²) in [4.78, 5) is 0. The third kappa shape index (κ3) is 4.20. The van der Waals surface area contributed by atoms with Crippen LogP contribution in [0.3, 0.4) is 0 Å². The van der Waals surface area contributed by atoms with Gasteiger partial charge in [0, 0.05) is 0 Å². The van der Waals surface area contributed by atoms with E-state index in [-0.39, 0.29) is 30.5 Å². The van der Waals surface area contributed by atoms with E-state index in [2.05, 4.69) is 0 Å². The third-order valence-electron chi connectivity index (χ3n) is 6.01. The number of aliphatic hydroxyl groups is 4. The van der Waals surface area contributed by atoms with E-state index in [9.17, 15) is 20.4 Å². The molecule has 4 rings (SSSR count). The van der Waals surface area contributed by atoms with Crippen LogP contribution in [0.4, 0.5) is 0 Å². The predicted molar refractivity (Wildman–Crippen MR) is 95.5 cm³/mol. The van der Waals surface area contributed by atoms with Crippen molar-refractivity contribution in [3.8, 4) is 0 Å². The Morgan fingerprint density at radius 2 is 1.34 bits per heavy atom. The predicted octanol–water partition coefficient (Wildman–Crippen LogP) is -0.994. The minimum atomic E-state index is -1.56. The Hall–Kier alpha value is -0.400. The van der Waals surface area contributed by atoms with Gasteiger partial charge < -0.3 is 48.8 Å². The summed E-state index contributed by atoms with van der Waals surface area (Å²) >= 11 is 0. The van der Waals surface area contributed by atoms with Gasteiger partial charge in [0.2, 0.25) is 0 Å². The van der Waals surface area contributed by atoms with Gasteiger partial charge in [0.15, 0.2) is 17.9 Å². The van der Waals surface area contributed by atoms with Gasteiger partial charge in [-0.3, -0.25) is 0 Å². The first-order chi connectivity index (χ1) is 13.5. The van der Waals surface area contributed by atoms with Crippen molar-refractivity contribution in [1.82, 2.24) is 0 Å². The van der Waals surface area contributed by atoms with Crippen LogP contribution in [0.25, 0.3) is 0 Å². The van der Waals surface area contributed by atoms with Crippen molar-refractivity contribution >= 4 is 0 Å². The highest BCUT2D eigenvalue weighted by molar-refractivity contribution is 5.02.